The minimum absolute atomic E-state index is 0.141. The third kappa shape index (κ3) is 3.22. The van der Waals surface area contributed by atoms with E-state index in [1.807, 2.05) is 31.2 Å². The fourth-order valence-corrected chi connectivity index (χ4v) is 2.99. The van der Waals surface area contributed by atoms with Crippen molar-refractivity contribution >= 4 is 10.8 Å². The van der Waals surface area contributed by atoms with Crippen LogP contribution in [0.2, 0.25) is 0 Å². The molecule has 0 fully saturated rings. The van der Waals surface area contributed by atoms with Crippen LogP contribution in [0.25, 0.3) is 10.8 Å². The highest BCUT2D eigenvalue weighted by atomic mass is 16.5. The Hall–Kier alpha value is -2.32. The van der Waals surface area contributed by atoms with Gasteiger partial charge in [-0.15, -0.1) is 0 Å². The molecule has 0 saturated heterocycles. The van der Waals surface area contributed by atoms with Gasteiger partial charge < -0.3 is 10.5 Å². The fourth-order valence-electron chi connectivity index (χ4n) is 2.99. The molecule has 0 amide bonds. The quantitative estimate of drug-likeness (QED) is 0.724. The van der Waals surface area contributed by atoms with E-state index < -0.39 is 0 Å². The minimum Gasteiger partial charge on any atom is -0.456 e. The van der Waals surface area contributed by atoms with Gasteiger partial charge >= 0.3 is 0 Å². The number of nitrogens with two attached hydrogens (primary N) is 1. The molecule has 23 heavy (non-hydrogen) atoms. The lowest BCUT2D eigenvalue weighted by molar-refractivity contribution is 0.479. The molecule has 118 valence electrons. The lowest BCUT2D eigenvalue weighted by Crippen LogP contribution is -2.18. The van der Waals surface area contributed by atoms with Gasteiger partial charge in [-0.1, -0.05) is 48.5 Å². The Labute approximate surface area is 137 Å². The molecule has 0 heterocycles. The Morgan fingerprint density at radius 1 is 0.957 bits per heavy atom. The molecule has 0 aliphatic rings. The number of fused-ring (bicyclic) bond motifs is 1. The smallest absolute Gasteiger partial charge is 0.135 e. The van der Waals surface area contributed by atoms with Crippen molar-refractivity contribution in [3.63, 3.8) is 0 Å². The van der Waals surface area contributed by atoms with Crippen LogP contribution in [0.15, 0.2) is 54.6 Å². The van der Waals surface area contributed by atoms with E-state index in [1.165, 1.54) is 16.5 Å². The van der Waals surface area contributed by atoms with Crippen LogP contribution < -0.4 is 10.5 Å². The van der Waals surface area contributed by atoms with E-state index in [-0.39, 0.29) is 6.04 Å². The van der Waals surface area contributed by atoms with E-state index >= 15 is 0 Å². The number of ether oxygens (including phenoxy) is 1. The minimum atomic E-state index is 0.141. The number of aryl methyl sites for hydroxylation is 1. The first-order valence-corrected chi connectivity index (χ1v) is 8.06. The maximum Gasteiger partial charge on any atom is 0.135 e. The van der Waals surface area contributed by atoms with Gasteiger partial charge in [-0.25, -0.2) is 0 Å². The summed E-state index contributed by atoms with van der Waals surface area (Å²) in [5.74, 6) is 1.84. The number of rotatable bonds is 4. The predicted molar refractivity (Wildman–Crippen MR) is 97.3 cm³/mol. The zero-order chi connectivity index (χ0) is 16.4. The summed E-state index contributed by atoms with van der Waals surface area (Å²) in [4.78, 5) is 0. The van der Waals surface area contributed by atoms with Crippen molar-refractivity contribution in [2.24, 2.45) is 5.73 Å². The van der Waals surface area contributed by atoms with Gasteiger partial charge in [0.05, 0.1) is 0 Å². The predicted octanol–water partition coefficient (Wildman–Crippen LogP) is 5.14. The molecule has 2 N–H and O–H groups in total. The van der Waals surface area contributed by atoms with Crippen molar-refractivity contribution in [2.75, 3.05) is 0 Å². The van der Waals surface area contributed by atoms with Crippen LogP contribution in [0.4, 0.5) is 0 Å². The van der Waals surface area contributed by atoms with Gasteiger partial charge in [0.2, 0.25) is 0 Å². The van der Waals surface area contributed by atoms with Gasteiger partial charge in [0.25, 0.3) is 0 Å². The summed E-state index contributed by atoms with van der Waals surface area (Å²) in [6, 6.07) is 18.9. The molecule has 0 saturated carbocycles. The molecule has 0 bridgehead atoms. The molecule has 0 aromatic heterocycles. The molecular formula is C21H23NO. The first-order chi connectivity index (χ1) is 11.1. The first kappa shape index (κ1) is 15.6. The Bertz CT molecular complexity index is 831. The van der Waals surface area contributed by atoms with Crippen LogP contribution in [-0.4, -0.2) is 6.04 Å². The molecule has 3 aromatic carbocycles. The van der Waals surface area contributed by atoms with Crippen LogP contribution in [0.3, 0.4) is 0 Å². The van der Waals surface area contributed by atoms with Crippen LogP contribution in [0.1, 0.15) is 23.6 Å². The van der Waals surface area contributed by atoms with E-state index in [0.29, 0.717) is 0 Å². The fraction of sp³-hybridized carbons (Fsp3) is 0.238. The zero-order valence-electron chi connectivity index (χ0n) is 14.0. The third-order valence-corrected chi connectivity index (χ3v) is 4.22. The Morgan fingerprint density at radius 3 is 2.48 bits per heavy atom. The summed E-state index contributed by atoms with van der Waals surface area (Å²) in [7, 11) is 0. The van der Waals surface area contributed by atoms with Crippen LogP contribution in [0.5, 0.6) is 11.5 Å². The molecule has 3 aromatic rings. The second-order valence-electron chi connectivity index (χ2n) is 6.26. The Kier molecular flexibility index (Phi) is 4.35. The van der Waals surface area contributed by atoms with Crippen LogP contribution in [0, 0.1) is 13.8 Å². The van der Waals surface area contributed by atoms with Crippen LogP contribution in [-0.2, 0) is 6.42 Å². The van der Waals surface area contributed by atoms with Crippen molar-refractivity contribution in [2.45, 2.75) is 33.2 Å². The van der Waals surface area contributed by atoms with Crippen LogP contribution >= 0.6 is 0 Å². The molecule has 0 aliphatic heterocycles. The first-order valence-electron chi connectivity index (χ1n) is 8.06. The lowest BCUT2D eigenvalue weighted by Gasteiger charge is -2.17. The van der Waals surface area contributed by atoms with Gasteiger partial charge in [0.1, 0.15) is 11.5 Å². The highest BCUT2D eigenvalue weighted by Gasteiger charge is 2.12. The topological polar surface area (TPSA) is 35.2 Å². The molecule has 0 aliphatic carbocycles. The standard InChI is InChI=1S/C21H23NO/c1-14-11-12-18(13-15(2)22)16(3)21(14)23-20-10-6-8-17-7-4-5-9-19(17)20/h4-12,15H,13,22H2,1-3H3. The second-order valence-corrected chi connectivity index (χ2v) is 6.26. The van der Waals surface area contributed by atoms with Crippen molar-refractivity contribution in [1.82, 2.24) is 0 Å². The number of hydrogen-bond acceptors (Lipinski definition) is 2. The van der Waals surface area contributed by atoms with E-state index in [9.17, 15) is 0 Å². The molecule has 3 rings (SSSR count). The van der Waals surface area contributed by atoms with E-state index in [0.717, 1.165) is 28.9 Å². The van der Waals surface area contributed by atoms with E-state index in [1.54, 1.807) is 0 Å². The van der Waals surface area contributed by atoms with Gasteiger partial charge in [0, 0.05) is 11.4 Å². The SMILES string of the molecule is Cc1ccc(CC(C)N)c(C)c1Oc1cccc2ccccc12. The largest absolute Gasteiger partial charge is 0.456 e. The molecular weight excluding hydrogens is 282 g/mol. The average Bonchev–Trinajstić information content (AvgIpc) is 2.54. The van der Waals surface area contributed by atoms with Gasteiger partial charge in [-0.3, -0.25) is 0 Å². The average molecular weight is 305 g/mol. The van der Waals surface area contributed by atoms with E-state index in [4.69, 9.17) is 10.5 Å². The molecule has 2 nitrogen and oxygen atoms in total. The number of benzene rings is 3. The molecule has 0 radical (unpaired) electrons. The van der Waals surface area contributed by atoms with Crippen molar-refractivity contribution in [3.8, 4) is 11.5 Å². The summed E-state index contributed by atoms with van der Waals surface area (Å²) in [6.07, 6.45) is 0.859. The lowest BCUT2D eigenvalue weighted by atomic mass is 9.99. The van der Waals surface area contributed by atoms with Crippen molar-refractivity contribution in [3.05, 3.63) is 71.3 Å². The van der Waals surface area contributed by atoms with Gasteiger partial charge in [-0.2, -0.15) is 0 Å². The maximum absolute atomic E-state index is 6.33. The molecule has 1 unspecified atom stereocenters. The molecule has 2 heteroatoms. The normalized spacial score (nSPS) is 12.3. The summed E-state index contributed by atoms with van der Waals surface area (Å²) in [6.45, 7) is 6.23. The Morgan fingerprint density at radius 2 is 1.70 bits per heavy atom. The molecule has 0 spiro atoms. The zero-order valence-corrected chi connectivity index (χ0v) is 14.0. The summed E-state index contributed by atoms with van der Waals surface area (Å²) >= 11 is 0. The third-order valence-electron chi connectivity index (χ3n) is 4.22. The van der Waals surface area contributed by atoms with Gasteiger partial charge in [-0.05, 0) is 55.3 Å². The highest BCUT2D eigenvalue weighted by Crippen LogP contribution is 2.35. The van der Waals surface area contributed by atoms with Gasteiger partial charge in [0.15, 0.2) is 0 Å². The number of hydrogen-bond donors (Lipinski definition) is 1. The van der Waals surface area contributed by atoms with E-state index in [2.05, 4.69) is 44.2 Å². The summed E-state index contributed by atoms with van der Waals surface area (Å²) in [5.41, 5.74) is 9.54. The van der Waals surface area contributed by atoms with Crippen molar-refractivity contribution in [1.29, 1.82) is 0 Å². The monoisotopic (exact) mass is 305 g/mol. The highest BCUT2D eigenvalue weighted by molar-refractivity contribution is 5.88. The summed E-state index contributed by atoms with van der Waals surface area (Å²) < 4.78 is 6.33. The molecule has 1 atom stereocenters. The van der Waals surface area contributed by atoms with Crippen molar-refractivity contribution < 1.29 is 4.74 Å². The second kappa shape index (κ2) is 6.43. The maximum atomic E-state index is 6.33. The summed E-state index contributed by atoms with van der Waals surface area (Å²) in [5, 5.41) is 2.32. The Balaban J connectivity index is 2.05.